The first-order valence-electron chi connectivity index (χ1n) is 13.2. The van der Waals surface area contributed by atoms with Crippen molar-refractivity contribution in [3.05, 3.63) is 88.1 Å². The van der Waals surface area contributed by atoms with E-state index in [4.69, 9.17) is 18.6 Å². The number of nitrogens with zero attached hydrogens (tertiary/aromatic N) is 2. The highest BCUT2D eigenvalue weighted by Gasteiger charge is 2.30. The Labute approximate surface area is 243 Å². The van der Waals surface area contributed by atoms with Crippen molar-refractivity contribution in [3.63, 3.8) is 0 Å². The summed E-state index contributed by atoms with van der Waals surface area (Å²) in [6, 6.07) is 11.7. The van der Waals surface area contributed by atoms with Crippen molar-refractivity contribution in [1.29, 1.82) is 0 Å². The van der Waals surface area contributed by atoms with Gasteiger partial charge in [0.15, 0.2) is 11.5 Å². The Morgan fingerprint density at radius 3 is 2.69 bits per heavy atom. The molecule has 0 saturated heterocycles. The Hall–Kier alpha value is -4.19. The summed E-state index contributed by atoms with van der Waals surface area (Å²) in [5.74, 6) is 2.02. The first kappa shape index (κ1) is 29.3. The number of alkyl halides is 3. The molecule has 0 fully saturated rings. The van der Waals surface area contributed by atoms with Crippen LogP contribution in [0.25, 0.3) is 10.9 Å². The molecule has 3 heterocycles. The van der Waals surface area contributed by atoms with Gasteiger partial charge in [-0.05, 0) is 61.4 Å². The van der Waals surface area contributed by atoms with Gasteiger partial charge < -0.3 is 23.5 Å². The van der Waals surface area contributed by atoms with Gasteiger partial charge in [0, 0.05) is 35.2 Å². The number of pyridine rings is 1. The maximum Gasteiger partial charge on any atom is 0.416 e. The highest BCUT2D eigenvalue weighted by atomic mass is 32.2. The molecular formula is C30H27F3N2O6S. The van der Waals surface area contributed by atoms with Gasteiger partial charge in [0.25, 0.3) is 5.91 Å². The van der Waals surface area contributed by atoms with Gasteiger partial charge in [-0.2, -0.15) is 13.2 Å². The summed E-state index contributed by atoms with van der Waals surface area (Å²) in [4.78, 5) is 31.7. The first-order chi connectivity index (χ1) is 20.2. The van der Waals surface area contributed by atoms with E-state index in [0.717, 1.165) is 35.6 Å². The zero-order chi connectivity index (χ0) is 29.7. The van der Waals surface area contributed by atoms with Crippen molar-refractivity contribution >= 4 is 28.6 Å². The van der Waals surface area contributed by atoms with Crippen LogP contribution in [0.4, 0.5) is 13.2 Å². The molecule has 42 heavy (non-hydrogen) atoms. The maximum absolute atomic E-state index is 13.0. The average Bonchev–Trinajstić information content (AvgIpc) is 3.44. The molecule has 0 spiro atoms. The lowest BCUT2D eigenvalue weighted by Crippen LogP contribution is -2.26. The largest absolute Gasteiger partial charge is 0.487 e. The first-order valence-corrected chi connectivity index (χ1v) is 14.2. The molecule has 5 rings (SSSR count). The summed E-state index contributed by atoms with van der Waals surface area (Å²) in [5.41, 5.74) is -0.311. The zero-order valence-electron chi connectivity index (χ0n) is 22.6. The zero-order valence-corrected chi connectivity index (χ0v) is 23.4. The van der Waals surface area contributed by atoms with Crippen molar-refractivity contribution in [2.75, 3.05) is 26.2 Å². The van der Waals surface area contributed by atoms with Crippen LogP contribution in [0.15, 0.2) is 75.1 Å². The summed E-state index contributed by atoms with van der Waals surface area (Å²) in [6.45, 7) is 0.539. The predicted molar refractivity (Wildman–Crippen MR) is 150 cm³/mol. The van der Waals surface area contributed by atoms with E-state index in [2.05, 4.69) is 4.98 Å². The van der Waals surface area contributed by atoms with E-state index in [-0.39, 0.29) is 30.4 Å². The van der Waals surface area contributed by atoms with Crippen molar-refractivity contribution in [2.24, 2.45) is 0 Å². The van der Waals surface area contributed by atoms with Crippen molar-refractivity contribution in [3.8, 4) is 17.2 Å². The van der Waals surface area contributed by atoms with E-state index in [1.54, 1.807) is 43.1 Å². The summed E-state index contributed by atoms with van der Waals surface area (Å²) in [6.07, 6.45) is 0.771. The molecule has 1 aliphatic heterocycles. The van der Waals surface area contributed by atoms with Gasteiger partial charge in [-0.1, -0.05) is 6.07 Å². The highest BCUT2D eigenvalue weighted by molar-refractivity contribution is 7.99. The molecule has 1 amide bonds. The Balaban J connectivity index is 1.04. The van der Waals surface area contributed by atoms with Crippen LogP contribution in [0, 0.1) is 0 Å². The fourth-order valence-electron chi connectivity index (χ4n) is 4.35. The number of hydrogen-bond acceptors (Lipinski definition) is 8. The third-order valence-corrected chi connectivity index (χ3v) is 7.71. The lowest BCUT2D eigenvalue weighted by molar-refractivity contribution is -0.137. The van der Waals surface area contributed by atoms with Crippen LogP contribution in [0.5, 0.6) is 17.2 Å². The number of benzene rings is 2. The van der Waals surface area contributed by atoms with Crippen LogP contribution in [0.3, 0.4) is 0 Å². The van der Waals surface area contributed by atoms with Gasteiger partial charge in [0.1, 0.15) is 12.0 Å². The molecule has 4 aromatic rings. The normalized spacial score (nSPS) is 12.5. The van der Waals surface area contributed by atoms with E-state index < -0.39 is 11.7 Å². The van der Waals surface area contributed by atoms with Crippen LogP contribution < -0.4 is 19.6 Å². The number of halogens is 3. The molecular weight excluding hydrogens is 573 g/mol. The van der Waals surface area contributed by atoms with Crippen LogP contribution >= 0.6 is 11.8 Å². The lowest BCUT2D eigenvalue weighted by Gasteiger charge is -2.17. The molecule has 12 heteroatoms. The molecule has 0 N–H and O–H groups in total. The minimum absolute atomic E-state index is 0.0940. The number of ether oxygens (including phenoxy) is 3. The van der Waals surface area contributed by atoms with Gasteiger partial charge in [0.05, 0.1) is 24.2 Å². The predicted octanol–water partition coefficient (Wildman–Crippen LogP) is 6.55. The van der Waals surface area contributed by atoms with E-state index >= 15 is 0 Å². The standard InChI is InChI=1S/C30H27F3N2O6S/c1-35(29(37)19-5-8-25-26(13-19)41-18-40-25)16-21-15-24(36)27(17-39-21)38-11-3-2-4-12-42-28-9-10-34-23-14-20(30(31,32)33)6-7-22(23)28/h5-10,13-15,17H,2-4,11-12,16,18H2,1H3. The second-order valence-corrected chi connectivity index (χ2v) is 10.7. The number of carbonyl (C=O) groups is 1. The number of fused-ring (bicyclic) bond motifs is 2. The minimum Gasteiger partial charge on any atom is -0.487 e. The average molecular weight is 601 g/mol. The topological polar surface area (TPSA) is 91.1 Å². The Morgan fingerprint density at radius 2 is 1.88 bits per heavy atom. The number of amides is 1. The summed E-state index contributed by atoms with van der Waals surface area (Å²) < 4.78 is 60.7. The second kappa shape index (κ2) is 12.8. The van der Waals surface area contributed by atoms with Gasteiger partial charge >= 0.3 is 6.18 Å². The summed E-state index contributed by atoms with van der Waals surface area (Å²) in [7, 11) is 1.61. The molecule has 0 unspecified atom stereocenters. The second-order valence-electron chi connectivity index (χ2n) is 9.60. The van der Waals surface area contributed by atoms with E-state index in [9.17, 15) is 22.8 Å². The van der Waals surface area contributed by atoms with E-state index in [1.165, 1.54) is 29.5 Å². The molecule has 2 aromatic carbocycles. The van der Waals surface area contributed by atoms with Gasteiger partial charge in [-0.15, -0.1) is 11.8 Å². The number of hydrogen-bond donors (Lipinski definition) is 0. The number of unbranched alkanes of at least 4 members (excludes halogenated alkanes) is 2. The van der Waals surface area contributed by atoms with Crippen LogP contribution in [0.1, 0.15) is 40.9 Å². The van der Waals surface area contributed by atoms with E-state index in [1.807, 2.05) is 0 Å². The maximum atomic E-state index is 13.0. The molecule has 0 bridgehead atoms. The molecule has 8 nitrogen and oxygen atoms in total. The number of rotatable bonds is 11. The van der Waals surface area contributed by atoms with Crippen LogP contribution in [-0.2, 0) is 12.7 Å². The fourth-order valence-corrected chi connectivity index (χ4v) is 5.41. The number of aromatic nitrogens is 1. The van der Waals surface area contributed by atoms with Crippen molar-refractivity contribution in [2.45, 2.75) is 36.9 Å². The molecule has 1 aliphatic rings. The van der Waals surface area contributed by atoms with Gasteiger partial charge in [-0.25, -0.2) is 0 Å². The van der Waals surface area contributed by atoms with Crippen LogP contribution in [0.2, 0.25) is 0 Å². The summed E-state index contributed by atoms with van der Waals surface area (Å²) >= 11 is 1.57. The molecule has 0 radical (unpaired) electrons. The monoisotopic (exact) mass is 600 g/mol. The molecule has 0 aliphatic carbocycles. The lowest BCUT2D eigenvalue weighted by atomic mass is 10.1. The minimum atomic E-state index is -4.41. The molecule has 2 aromatic heterocycles. The molecule has 0 saturated carbocycles. The van der Waals surface area contributed by atoms with Crippen molar-refractivity contribution in [1.82, 2.24) is 9.88 Å². The molecule has 220 valence electrons. The fraction of sp³-hybridized carbons (Fsp3) is 0.300. The Bertz CT molecular complexity index is 1640. The number of carbonyl (C=O) groups excluding carboxylic acids is 1. The van der Waals surface area contributed by atoms with Crippen LogP contribution in [-0.4, -0.2) is 42.0 Å². The SMILES string of the molecule is CN(Cc1cc(=O)c(OCCCCCSc2ccnc3cc(C(F)(F)F)ccc23)co1)C(=O)c1ccc2c(c1)OCO2. The smallest absolute Gasteiger partial charge is 0.416 e. The third kappa shape index (κ3) is 6.99. The Kier molecular flexibility index (Phi) is 8.91. The van der Waals surface area contributed by atoms with Crippen molar-refractivity contribution < 1.29 is 36.6 Å². The summed E-state index contributed by atoms with van der Waals surface area (Å²) in [5, 5.41) is 0.692. The number of thioether (sulfide) groups is 1. The Morgan fingerprint density at radius 1 is 1.05 bits per heavy atom. The third-order valence-electron chi connectivity index (χ3n) is 6.55. The molecule has 0 atom stereocenters. The quantitative estimate of drug-likeness (QED) is 0.141. The van der Waals surface area contributed by atoms with E-state index in [0.29, 0.717) is 46.8 Å². The van der Waals surface area contributed by atoms with Gasteiger partial charge in [0.2, 0.25) is 18.0 Å². The van der Waals surface area contributed by atoms with Gasteiger partial charge in [-0.3, -0.25) is 14.6 Å². The highest BCUT2D eigenvalue weighted by Crippen LogP contribution is 2.34.